The quantitative estimate of drug-likeness (QED) is 0.554. The summed E-state index contributed by atoms with van der Waals surface area (Å²) in [5.74, 6) is 1.14. The van der Waals surface area contributed by atoms with E-state index < -0.39 is 0 Å². The first-order chi connectivity index (χ1) is 6.45. The van der Waals surface area contributed by atoms with Gasteiger partial charge in [-0.1, -0.05) is 30.4 Å². The van der Waals surface area contributed by atoms with Crippen LogP contribution in [-0.2, 0) is 12.8 Å². The van der Waals surface area contributed by atoms with Crippen molar-refractivity contribution in [3.05, 3.63) is 47.7 Å². The molecule has 0 amide bonds. The molecule has 1 heteroatoms. The van der Waals surface area contributed by atoms with Crippen LogP contribution in [-0.4, -0.2) is 0 Å². The fourth-order valence-electron chi connectivity index (χ4n) is 1.93. The highest BCUT2D eigenvalue weighted by Gasteiger charge is 2.13. The molecular formula is C12H10O. The Kier molecular flexibility index (Phi) is 1.33. The molecule has 13 heavy (non-hydrogen) atoms. The molecule has 1 aliphatic carbocycles. The fraction of sp³-hybridized carbons (Fsp3) is 0.167. The third kappa shape index (κ3) is 0.934. The minimum Gasteiger partial charge on any atom is -0.460 e. The Morgan fingerprint density at radius 3 is 2.85 bits per heavy atom. The molecule has 1 aliphatic rings. The SMILES string of the molecule is C1=CCc2c(oc3ccccc23)C1. The van der Waals surface area contributed by atoms with E-state index in [1.54, 1.807) is 0 Å². The summed E-state index contributed by atoms with van der Waals surface area (Å²) in [5.41, 5.74) is 2.40. The molecule has 1 nitrogen and oxygen atoms in total. The van der Waals surface area contributed by atoms with Crippen LogP contribution >= 0.6 is 0 Å². The summed E-state index contributed by atoms with van der Waals surface area (Å²) in [6, 6.07) is 8.26. The summed E-state index contributed by atoms with van der Waals surface area (Å²) < 4.78 is 5.74. The van der Waals surface area contributed by atoms with Crippen molar-refractivity contribution in [2.45, 2.75) is 12.8 Å². The lowest BCUT2D eigenvalue weighted by Gasteiger charge is -2.01. The van der Waals surface area contributed by atoms with Crippen LogP contribution in [0.3, 0.4) is 0 Å². The van der Waals surface area contributed by atoms with Gasteiger partial charge in [0.1, 0.15) is 11.3 Å². The van der Waals surface area contributed by atoms with Gasteiger partial charge in [0.25, 0.3) is 0 Å². The number of rotatable bonds is 0. The minimum atomic E-state index is 0.948. The summed E-state index contributed by atoms with van der Waals surface area (Å²) >= 11 is 0. The maximum absolute atomic E-state index is 5.74. The van der Waals surface area contributed by atoms with Crippen LogP contribution < -0.4 is 0 Å². The summed E-state index contributed by atoms with van der Waals surface area (Å²) in [6.07, 6.45) is 6.35. The minimum absolute atomic E-state index is 0.948. The number of benzene rings is 1. The number of hydrogen-bond donors (Lipinski definition) is 0. The van der Waals surface area contributed by atoms with Gasteiger partial charge in [-0.25, -0.2) is 0 Å². The topological polar surface area (TPSA) is 13.1 Å². The van der Waals surface area contributed by atoms with Crippen LogP contribution in [0.4, 0.5) is 0 Å². The monoisotopic (exact) mass is 170 g/mol. The van der Waals surface area contributed by atoms with Gasteiger partial charge < -0.3 is 4.42 Å². The maximum Gasteiger partial charge on any atom is 0.134 e. The highest BCUT2D eigenvalue weighted by atomic mass is 16.3. The van der Waals surface area contributed by atoms with Crippen molar-refractivity contribution in [1.82, 2.24) is 0 Å². The number of hydrogen-bond acceptors (Lipinski definition) is 1. The number of allylic oxidation sites excluding steroid dienone is 2. The van der Waals surface area contributed by atoms with Crippen LogP contribution in [0.5, 0.6) is 0 Å². The van der Waals surface area contributed by atoms with E-state index >= 15 is 0 Å². The Bertz CT molecular complexity index is 477. The summed E-state index contributed by atoms with van der Waals surface area (Å²) in [6.45, 7) is 0. The lowest BCUT2D eigenvalue weighted by atomic mass is 10.0. The molecule has 0 N–H and O–H groups in total. The predicted octanol–water partition coefficient (Wildman–Crippen LogP) is 3.09. The van der Waals surface area contributed by atoms with Gasteiger partial charge in [-0.3, -0.25) is 0 Å². The van der Waals surface area contributed by atoms with Gasteiger partial charge in [0.2, 0.25) is 0 Å². The smallest absolute Gasteiger partial charge is 0.134 e. The van der Waals surface area contributed by atoms with Crippen LogP contribution in [0, 0.1) is 0 Å². The van der Waals surface area contributed by atoms with Crippen molar-refractivity contribution >= 4 is 11.0 Å². The van der Waals surface area contributed by atoms with Crippen LogP contribution in [0.15, 0.2) is 40.8 Å². The molecular weight excluding hydrogens is 160 g/mol. The molecule has 0 spiro atoms. The predicted molar refractivity (Wildman–Crippen MR) is 52.8 cm³/mol. The third-order valence-corrected chi connectivity index (χ3v) is 2.57. The molecule has 0 saturated carbocycles. The molecule has 2 aromatic rings. The lowest BCUT2D eigenvalue weighted by molar-refractivity contribution is 0.557. The molecule has 0 saturated heterocycles. The standard InChI is InChI=1S/C12H10O/c1-3-7-11-9(5-1)10-6-2-4-8-12(10)13-11/h1-5,7H,6,8H2. The Hall–Kier alpha value is -1.50. The van der Waals surface area contributed by atoms with E-state index in [9.17, 15) is 0 Å². The van der Waals surface area contributed by atoms with E-state index in [4.69, 9.17) is 4.42 Å². The van der Waals surface area contributed by atoms with E-state index in [2.05, 4.69) is 24.3 Å². The van der Waals surface area contributed by atoms with E-state index in [1.807, 2.05) is 12.1 Å². The molecule has 0 fully saturated rings. The number of para-hydroxylation sites is 1. The normalized spacial score (nSPS) is 14.8. The van der Waals surface area contributed by atoms with Crippen LogP contribution in [0.2, 0.25) is 0 Å². The fourth-order valence-corrected chi connectivity index (χ4v) is 1.93. The molecule has 1 aromatic carbocycles. The van der Waals surface area contributed by atoms with Gasteiger partial charge in [-0.2, -0.15) is 0 Å². The Morgan fingerprint density at radius 1 is 1.00 bits per heavy atom. The van der Waals surface area contributed by atoms with E-state index in [0.29, 0.717) is 0 Å². The summed E-state index contributed by atoms with van der Waals surface area (Å²) in [4.78, 5) is 0. The van der Waals surface area contributed by atoms with Crippen molar-refractivity contribution in [2.75, 3.05) is 0 Å². The molecule has 0 bridgehead atoms. The second-order valence-corrected chi connectivity index (χ2v) is 3.38. The average Bonchev–Trinajstić information content (AvgIpc) is 2.56. The Morgan fingerprint density at radius 2 is 1.85 bits per heavy atom. The van der Waals surface area contributed by atoms with Crippen molar-refractivity contribution in [2.24, 2.45) is 0 Å². The van der Waals surface area contributed by atoms with Crippen LogP contribution in [0.25, 0.3) is 11.0 Å². The zero-order valence-corrected chi connectivity index (χ0v) is 7.29. The highest BCUT2D eigenvalue weighted by Crippen LogP contribution is 2.28. The Balaban J connectivity index is 2.37. The molecule has 1 heterocycles. The number of fused-ring (bicyclic) bond motifs is 3. The zero-order valence-electron chi connectivity index (χ0n) is 7.29. The summed E-state index contributed by atoms with van der Waals surface area (Å²) in [5, 5.41) is 1.28. The molecule has 3 rings (SSSR count). The maximum atomic E-state index is 5.74. The first-order valence-electron chi connectivity index (χ1n) is 4.59. The summed E-state index contributed by atoms with van der Waals surface area (Å²) in [7, 11) is 0. The lowest BCUT2D eigenvalue weighted by Crippen LogP contribution is -1.91. The van der Waals surface area contributed by atoms with Crippen molar-refractivity contribution in [1.29, 1.82) is 0 Å². The van der Waals surface area contributed by atoms with Gasteiger partial charge in [0.05, 0.1) is 0 Å². The third-order valence-electron chi connectivity index (χ3n) is 2.57. The second kappa shape index (κ2) is 2.49. The number of furan rings is 1. The van der Waals surface area contributed by atoms with E-state index in [0.717, 1.165) is 24.2 Å². The van der Waals surface area contributed by atoms with E-state index in [-0.39, 0.29) is 0 Å². The van der Waals surface area contributed by atoms with Crippen LogP contribution in [0.1, 0.15) is 11.3 Å². The highest BCUT2D eigenvalue weighted by molar-refractivity contribution is 5.82. The molecule has 1 aromatic heterocycles. The van der Waals surface area contributed by atoms with Gasteiger partial charge in [-0.15, -0.1) is 0 Å². The zero-order chi connectivity index (χ0) is 8.67. The van der Waals surface area contributed by atoms with Crippen molar-refractivity contribution < 1.29 is 4.42 Å². The molecule has 0 unspecified atom stereocenters. The average molecular weight is 170 g/mol. The van der Waals surface area contributed by atoms with Gasteiger partial charge in [0.15, 0.2) is 0 Å². The van der Waals surface area contributed by atoms with Crippen molar-refractivity contribution in [3.63, 3.8) is 0 Å². The van der Waals surface area contributed by atoms with Gasteiger partial charge >= 0.3 is 0 Å². The molecule has 0 radical (unpaired) electrons. The van der Waals surface area contributed by atoms with Gasteiger partial charge in [0, 0.05) is 17.4 Å². The van der Waals surface area contributed by atoms with Crippen molar-refractivity contribution in [3.8, 4) is 0 Å². The molecule has 64 valence electrons. The first-order valence-corrected chi connectivity index (χ1v) is 4.59. The molecule has 0 aliphatic heterocycles. The first kappa shape index (κ1) is 6.96. The van der Waals surface area contributed by atoms with E-state index in [1.165, 1.54) is 10.9 Å². The largest absolute Gasteiger partial charge is 0.460 e. The molecule has 0 atom stereocenters. The second-order valence-electron chi connectivity index (χ2n) is 3.38. The Labute approximate surface area is 76.7 Å². The van der Waals surface area contributed by atoms with Gasteiger partial charge in [-0.05, 0) is 12.5 Å².